The third kappa shape index (κ3) is 11.3. The van der Waals surface area contributed by atoms with Gasteiger partial charge < -0.3 is 9.90 Å². The van der Waals surface area contributed by atoms with Crippen LogP contribution in [0.4, 0.5) is 0 Å². The van der Waals surface area contributed by atoms with Crippen molar-refractivity contribution in [3.8, 4) is 0 Å². The van der Waals surface area contributed by atoms with Crippen LogP contribution in [0.25, 0.3) is 0 Å². The molecule has 0 aromatic heterocycles. The predicted octanol–water partition coefficient (Wildman–Crippen LogP) is 0.438. The Balaban J connectivity index is 0. The van der Waals surface area contributed by atoms with Crippen LogP contribution < -0.4 is 0 Å². The number of ketones is 1. The Morgan fingerprint density at radius 3 is 1.89 bits per heavy atom. The van der Waals surface area contributed by atoms with E-state index in [1.54, 1.807) is 0 Å². The molecule has 3 nitrogen and oxygen atoms in total. The van der Waals surface area contributed by atoms with E-state index in [1.807, 2.05) is 0 Å². The van der Waals surface area contributed by atoms with Crippen molar-refractivity contribution in [2.75, 3.05) is 0 Å². The van der Waals surface area contributed by atoms with E-state index in [4.69, 9.17) is 5.11 Å². The summed E-state index contributed by atoms with van der Waals surface area (Å²) >= 11 is 0. The van der Waals surface area contributed by atoms with E-state index in [0.717, 1.165) is 0 Å². The molecule has 0 bridgehead atoms. The number of carbonyl (C=O) groups excluding carboxylic acids is 1. The topological polar surface area (TPSA) is 54.4 Å². The number of carboxylic acid groups (broad SMARTS) is 1. The molecule has 0 aliphatic carbocycles. The van der Waals surface area contributed by atoms with Crippen molar-refractivity contribution in [1.82, 2.24) is 0 Å². The van der Waals surface area contributed by atoms with E-state index < -0.39 is 5.97 Å². The van der Waals surface area contributed by atoms with E-state index in [-0.39, 0.29) is 36.0 Å². The second-order valence-corrected chi connectivity index (χ2v) is 1.60. The molecule has 0 radical (unpaired) electrons. The molecule has 0 aliphatic rings. The Labute approximate surface area is 64.2 Å². The van der Waals surface area contributed by atoms with E-state index in [1.165, 1.54) is 6.92 Å². The van der Waals surface area contributed by atoms with Crippen LogP contribution in [-0.4, -0.2) is 16.9 Å². The monoisotopic (exact) mass is 168 g/mol. The molecule has 0 saturated heterocycles. The second kappa shape index (κ2) is 5.80. The first-order chi connectivity index (χ1) is 3.63. The number of Topliss-reactive ketones (excluding diaryl/α,β-unsaturated/α-hetero) is 1. The van der Waals surface area contributed by atoms with Gasteiger partial charge in [0.05, 0.1) is 6.42 Å². The van der Waals surface area contributed by atoms with Gasteiger partial charge in [-0.05, 0) is 6.92 Å². The fourth-order valence-corrected chi connectivity index (χ4v) is 0.283. The van der Waals surface area contributed by atoms with Gasteiger partial charge in [-0.2, -0.15) is 0 Å². The number of hydrogen-bond acceptors (Lipinski definition) is 2. The number of carbonyl (C=O) groups is 2. The van der Waals surface area contributed by atoms with Gasteiger partial charge in [0.25, 0.3) is 0 Å². The molecule has 0 unspecified atom stereocenters. The van der Waals surface area contributed by atoms with E-state index in [0.29, 0.717) is 0 Å². The van der Waals surface area contributed by atoms with Crippen molar-refractivity contribution >= 4 is 11.8 Å². The smallest absolute Gasteiger partial charge is 0.303 e. The molecule has 9 heavy (non-hydrogen) atoms. The summed E-state index contributed by atoms with van der Waals surface area (Å²) in [5.74, 6) is -0.993. The molecule has 52 valence electrons. The van der Waals surface area contributed by atoms with Crippen molar-refractivity contribution in [2.24, 2.45) is 0 Å². The summed E-state index contributed by atoms with van der Waals surface area (Å²) in [7, 11) is 0. The number of aliphatic carboxylic acids is 1. The molecule has 0 spiro atoms. The molecular weight excluding hydrogens is 160 g/mol. The van der Waals surface area contributed by atoms with Crippen molar-refractivity contribution < 1.29 is 32.1 Å². The zero-order valence-electron chi connectivity index (χ0n) is 5.09. The van der Waals surface area contributed by atoms with Crippen LogP contribution in [0, 0.1) is 0 Å². The molecule has 4 heteroatoms. The quantitative estimate of drug-likeness (QED) is 0.665. The van der Waals surface area contributed by atoms with Crippen LogP contribution in [-0.2, 0) is 27.0 Å². The van der Waals surface area contributed by atoms with Crippen molar-refractivity contribution in [3.05, 3.63) is 0 Å². The summed E-state index contributed by atoms with van der Waals surface area (Å²) in [6, 6.07) is 0. The third-order valence-electron chi connectivity index (χ3n) is 0.691. The summed E-state index contributed by atoms with van der Waals surface area (Å²) in [5, 5.41) is 8.01. The first kappa shape index (κ1) is 11.5. The first-order valence-corrected chi connectivity index (χ1v) is 2.34. The fourth-order valence-electron chi connectivity index (χ4n) is 0.283. The van der Waals surface area contributed by atoms with Crippen molar-refractivity contribution in [2.45, 2.75) is 19.8 Å². The zero-order valence-corrected chi connectivity index (χ0v) is 6.36. The largest absolute Gasteiger partial charge is 0.481 e. The van der Waals surface area contributed by atoms with E-state index in [9.17, 15) is 9.59 Å². The zero-order chi connectivity index (χ0) is 6.57. The van der Waals surface area contributed by atoms with Gasteiger partial charge in [0.2, 0.25) is 0 Å². The molecule has 0 aliphatic heterocycles. The van der Waals surface area contributed by atoms with Gasteiger partial charge in [0.15, 0.2) is 0 Å². The minimum atomic E-state index is -0.916. The van der Waals surface area contributed by atoms with Gasteiger partial charge in [0.1, 0.15) is 5.78 Å². The fraction of sp³-hybridized carbons (Fsp3) is 0.600. The molecule has 0 aromatic rings. The summed E-state index contributed by atoms with van der Waals surface area (Å²) in [6.45, 7) is 1.38. The number of carboxylic acids is 1. The average Bonchev–Trinajstić information content (AvgIpc) is 1.61. The van der Waals surface area contributed by atoms with Crippen LogP contribution in [0.2, 0.25) is 0 Å². The Hall–Kier alpha value is -0.328. The van der Waals surface area contributed by atoms with Gasteiger partial charge in [0, 0.05) is 23.8 Å². The van der Waals surface area contributed by atoms with E-state index >= 15 is 0 Å². The molecule has 0 rings (SSSR count). The Morgan fingerprint density at radius 1 is 1.33 bits per heavy atom. The van der Waals surface area contributed by atoms with Crippen molar-refractivity contribution in [3.63, 3.8) is 0 Å². The van der Waals surface area contributed by atoms with Gasteiger partial charge >= 0.3 is 5.97 Å². The van der Waals surface area contributed by atoms with E-state index in [2.05, 4.69) is 0 Å². The molecular formula is C5H8CrO3. The molecule has 0 heterocycles. The van der Waals surface area contributed by atoms with Crippen LogP contribution in [0.5, 0.6) is 0 Å². The average molecular weight is 168 g/mol. The minimum absolute atomic E-state index is 0. The predicted molar refractivity (Wildman–Crippen MR) is 27.6 cm³/mol. The van der Waals surface area contributed by atoms with Crippen LogP contribution in [0.15, 0.2) is 0 Å². The standard InChI is InChI=1S/C5H8O3.Cr/c1-4(6)2-3-5(7)8;/h2-3H2,1H3,(H,7,8);. The van der Waals surface area contributed by atoms with Crippen LogP contribution in [0.1, 0.15) is 19.8 Å². The SMILES string of the molecule is CC(=O)CCC(=O)O.[Cr]. The summed E-state index contributed by atoms with van der Waals surface area (Å²) in [5.41, 5.74) is 0. The summed E-state index contributed by atoms with van der Waals surface area (Å²) in [4.78, 5) is 19.8. The van der Waals surface area contributed by atoms with Crippen LogP contribution >= 0.6 is 0 Å². The minimum Gasteiger partial charge on any atom is -0.481 e. The Morgan fingerprint density at radius 2 is 1.78 bits per heavy atom. The summed E-state index contributed by atoms with van der Waals surface area (Å²) in [6.07, 6.45) is 0.102. The van der Waals surface area contributed by atoms with Crippen LogP contribution in [0.3, 0.4) is 0 Å². The number of hydrogen-bond donors (Lipinski definition) is 1. The van der Waals surface area contributed by atoms with Gasteiger partial charge in [-0.3, -0.25) is 4.79 Å². The van der Waals surface area contributed by atoms with Gasteiger partial charge in [-0.15, -0.1) is 0 Å². The third-order valence-corrected chi connectivity index (χ3v) is 0.691. The molecule has 1 N–H and O–H groups in total. The van der Waals surface area contributed by atoms with Gasteiger partial charge in [-0.1, -0.05) is 0 Å². The Kier molecular flexibility index (Phi) is 7.39. The molecule has 0 saturated carbocycles. The maximum atomic E-state index is 10.1. The summed E-state index contributed by atoms with van der Waals surface area (Å²) < 4.78 is 0. The normalized spacial score (nSPS) is 7.67. The number of rotatable bonds is 3. The molecule has 0 atom stereocenters. The van der Waals surface area contributed by atoms with Crippen molar-refractivity contribution in [1.29, 1.82) is 0 Å². The first-order valence-electron chi connectivity index (χ1n) is 2.34. The Bertz CT molecular complexity index is 96.8. The molecule has 0 amide bonds. The maximum Gasteiger partial charge on any atom is 0.303 e. The molecule has 0 aromatic carbocycles. The maximum absolute atomic E-state index is 10.1. The van der Waals surface area contributed by atoms with Gasteiger partial charge in [-0.25, -0.2) is 0 Å². The second-order valence-electron chi connectivity index (χ2n) is 1.60. The molecule has 0 fully saturated rings.